The fourth-order valence-electron chi connectivity index (χ4n) is 4.65. The van der Waals surface area contributed by atoms with Gasteiger partial charge in [-0.3, -0.25) is 9.69 Å². The topological polar surface area (TPSA) is 88.5 Å². The van der Waals surface area contributed by atoms with Crippen molar-refractivity contribution in [3.8, 4) is 11.5 Å². The second-order valence-electron chi connectivity index (χ2n) is 8.12. The average molecular weight is 393 g/mol. The maximum Gasteiger partial charge on any atom is 0.275 e. The number of benzene rings is 1. The predicted molar refractivity (Wildman–Crippen MR) is 104 cm³/mol. The number of hydrogen-bond acceptors (Lipinski definition) is 7. The van der Waals surface area contributed by atoms with E-state index in [1.807, 2.05) is 35.2 Å². The van der Waals surface area contributed by atoms with E-state index in [0.717, 1.165) is 50.3 Å². The van der Waals surface area contributed by atoms with Crippen molar-refractivity contribution in [3.05, 3.63) is 54.5 Å². The van der Waals surface area contributed by atoms with Crippen LogP contribution in [0.2, 0.25) is 0 Å². The summed E-state index contributed by atoms with van der Waals surface area (Å²) in [6, 6.07) is 9.97. The third-order valence-electron chi connectivity index (χ3n) is 6.27. The highest BCUT2D eigenvalue weighted by Crippen LogP contribution is 2.48. The van der Waals surface area contributed by atoms with Crippen molar-refractivity contribution < 1.29 is 13.7 Å². The maximum atomic E-state index is 12.5. The van der Waals surface area contributed by atoms with E-state index in [2.05, 4.69) is 27.1 Å². The molecule has 29 heavy (non-hydrogen) atoms. The Bertz CT molecular complexity index is 977. The molecule has 1 spiro atoms. The summed E-state index contributed by atoms with van der Waals surface area (Å²) in [5.41, 5.74) is 1.48. The summed E-state index contributed by atoms with van der Waals surface area (Å²) in [5, 5.41) is 4.27. The number of likely N-dealkylation sites (tertiary alicyclic amines) is 2. The van der Waals surface area contributed by atoms with Crippen LogP contribution in [-0.2, 0) is 0 Å². The zero-order valence-corrected chi connectivity index (χ0v) is 16.3. The van der Waals surface area contributed by atoms with Gasteiger partial charge in [-0.05, 0) is 43.9 Å². The summed E-state index contributed by atoms with van der Waals surface area (Å²) in [5.74, 6) is 1.24. The molecular weight excluding hydrogens is 370 g/mol. The first-order chi connectivity index (χ1) is 14.1. The Labute approximate surface area is 168 Å². The highest BCUT2D eigenvalue weighted by Gasteiger charge is 2.46. The van der Waals surface area contributed by atoms with E-state index in [4.69, 9.17) is 8.94 Å². The Kier molecular flexibility index (Phi) is 4.43. The van der Waals surface area contributed by atoms with Crippen molar-refractivity contribution in [2.75, 3.05) is 26.7 Å². The summed E-state index contributed by atoms with van der Waals surface area (Å²) in [7, 11) is 2.12. The lowest BCUT2D eigenvalue weighted by Crippen LogP contribution is -2.44. The molecule has 2 aliphatic rings. The van der Waals surface area contributed by atoms with Crippen LogP contribution in [0.5, 0.6) is 0 Å². The molecule has 0 N–H and O–H groups in total. The smallest absolute Gasteiger partial charge is 0.275 e. The predicted octanol–water partition coefficient (Wildman–Crippen LogP) is 3.02. The van der Waals surface area contributed by atoms with E-state index in [9.17, 15) is 4.79 Å². The van der Waals surface area contributed by atoms with Crippen molar-refractivity contribution >= 4 is 5.91 Å². The molecule has 2 aliphatic heterocycles. The number of aromatic nitrogens is 3. The minimum absolute atomic E-state index is 0.0535. The number of rotatable bonds is 3. The normalized spacial score (nSPS) is 21.7. The van der Waals surface area contributed by atoms with Crippen molar-refractivity contribution in [3.63, 3.8) is 0 Å². The van der Waals surface area contributed by atoms with Crippen molar-refractivity contribution in [2.24, 2.45) is 5.41 Å². The standard InChI is InChI=1S/C21H23N5O3/c1-25-13-21(7-9-26(10-8-21)20(27)16-12-28-14-22-16)11-17(25)18-23-19(29-24-18)15-5-3-2-4-6-15/h2-6,12,14,17H,7-11,13H2,1H3. The van der Waals surface area contributed by atoms with Crippen LogP contribution in [0.25, 0.3) is 11.5 Å². The van der Waals surface area contributed by atoms with Gasteiger partial charge in [-0.25, -0.2) is 4.98 Å². The van der Waals surface area contributed by atoms with Gasteiger partial charge in [-0.2, -0.15) is 4.98 Å². The van der Waals surface area contributed by atoms with E-state index in [0.29, 0.717) is 11.6 Å². The third-order valence-corrected chi connectivity index (χ3v) is 6.27. The molecule has 8 heteroatoms. The largest absolute Gasteiger partial charge is 0.451 e. The second-order valence-corrected chi connectivity index (χ2v) is 8.12. The molecule has 8 nitrogen and oxygen atoms in total. The summed E-state index contributed by atoms with van der Waals surface area (Å²) in [6.07, 6.45) is 5.60. The molecule has 5 rings (SSSR count). The highest BCUT2D eigenvalue weighted by atomic mass is 16.5. The number of hydrogen-bond donors (Lipinski definition) is 0. The molecule has 3 aromatic rings. The Morgan fingerprint density at radius 2 is 2.00 bits per heavy atom. The van der Waals surface area contributed by atoms with Gasteiger partial charge < -0.3 is 13.8 Å². The zero-order valence-electron chi connectivity index (χ0n) is 16.3. The number of nitrogens with zero attached hydrogens (tertiary/aromatic N) is 5. The summed E-state index contributed by atoms with van der Waals surface area (Å²) >= 11 is 0. The lowest BCUT2D eigenvalue weighted by Gasteiger charge is -2.39. The molecule has 1 unspecified atom stereocenters. The Morgan fingerprint density at radius 3 is 2.72 bits per heavy atom. The van der Waals surface area contributed by atoms with E-state index in [1.54, 1.807) is 0 Å². The van der Waals surface area contributed by atoms with Gasteiger partial charge in [0.05, 0.1) is 6.04 Å². The maximum absolute atomic E-state index is 12.5. The minimum atomic E-state index is -0.0535. The third kappa shape index (κ3) is 3.33. The van der Waals surface area contributed by atoms with Crippen LogP contribution in [0.3, 0.4) is 0 Å². The van der Waals surface area contributed by atoms with Crippen LogP contribution in [-0.4, -0.2) is 57.5 Å². The molecule has 2 aromatic heterocycles. The Morgan fingerprint density at radius 1 is 1.21 bits per heavy atom. The monoisotopic (exact) mass is 393 g/mol. The molecule has 0 saturated carbocycles. The minimum Gasteiger partial charge on any atom is -0.451 e. The molecule has 2 saturated heterocycles. The van der Waals surface area contributed by atoms with Crippen molar-refractivity contribution in [2.45, 2.75) is 25.3 Å². The summed E-state index contributed by atoms with van der Waals surface area (Å²) < 4.78 is 10.5. The first-order valence-electron chi connectivity index (χ1n) is 9.90. The quantitative estimate of drug-likeness (QED) is 0.676. The second kappa shape index (κ2) is 7.11. The van der Waals surface area contributed by atoms with Crippen molar-refractivity contribution in [1.29, 1.82) is 0 Å². The van der Waals surface area contributed by atoms with Crippen LogP contribution < -0.4 is 0 Å². The van der Waals surface area contributed by atoms with Gasteiger partial charge in [0, 0.05) is 25.2 Å². The molecule has 1 atom stereocenters. The number of amides is 1. The van der Waals surface area contributed by atoms with Crippen molar-refractivity contribution in [1.82, 2.24) is 24.9 Å². The van der Waals surface area contributed by atoms with Gasteiger partial charge in [-0.15, -0.1) is 0 Å². The van der Waals surface area contributed by atoms with Gasteiger partial charge in [0.25, 0.3) is 11.8 Å². The van der Waals surface area contributed by atoms with Crippen LogP contribution in [0.1, 0.15) is 41.6 Å². The van der Waals surface area contributed by atoms with Crippen LogP contribution in [0, 0.1) is 5.41 Å². The molecule has 4 heterocycles. The molecule has 1 amide bonds. The van der Waals surface area contributed by atoms with Gasteiger partial charge >= 0.3 is 0 Å². The first-order valence-corrected chi connectivity index (χ1v) is 9.90. The fraction of sp³-hybridized carbons (Fsp3) is 0.429. The van der Waals surface area contributed by atoms with Gasteiger partial charge in [0.1, 0.15) is 6.26 Å². The van der Waals surface area contributed by atoms with Crippen LogP contribution >= 0.6 is 0 Å². The average Bonchev–Trinajstić information content (AvgIpc) is 3.50. The van der Waals surface area contributed by atoms with Gasteiger partial charge in [0.2, 0.25) is 0 Å². The van der Waals surface area contributed by atoms with E-state index >= 15 is 0 Å². The van der Waals surface area contributed by atoms with E-state index in [1.165, 1.54) is 12.7 Å². The number of carbonyl (C=O) groups is 1. The van der Waals surface area contributed by atoms with Gasteiger partial charge in [0.15, 0.2) is 17.9 Å². The highest BCUT2D eigenvalue weighted by molar-refractivity contribution is 5.91. The SMILES string of the molecule is CN1CC2(CCN(C(=O)c3cocn3)CC2)CC1c1noc(-c2ccccc2)n1. The summed E-state index contributed by atoms with van der Waals surface area (Å²) in [4.78, 5) is 25.3. The molecule has 150 valence electrons. The first kappa shape index (κ1) is 18.1. The molecule has 0 aliphatic carbocycles. The fourth-order valence-corrected chi connectivity index (χ4v) is 4.65. The van der Waals surface area contributed by atoms with Gasteiger partial charge in [-0.1, -0.05) is 23.4 Å². The molecular formula is C21H23N5O3. The zero-order chi connectivity index (χ0) is 19.8. The molecule has 2 fully saturated rings. The molecule has 0 radical (unpaired) electrons. The van der Waals surface area contributed by atoms with Crippen LogP contribution in [0.4, 0.5) is 0 Å². The Hall–Kier alpha value is -3.00. The van der Waals surface area contributed by atoms with Crippen LogP contribution in [0.15, 0.2) is 51.9 Å². The lowest BCUT2D eigenvalue weighted by atomic mass is 9.76. The molecule has 0 bridgehead atoms. The summed E-state index contributed by atoms with van der Waals surface area (Å²) in [6.45, 7) is 2.43. The number of piperidine rings is 1. The van der Waals surface area contributed by atoms with E-state index in [-0.39, 0.29) is 17.4 Å². The number of oxazole rings is 1. The molecule has 1 aromatic carbocycles. The van der Waals surface area contributed by atoms with E-state index < -0.39 is 0 Å². The lowest BCUT2D eigenvalue weighted by molar-refractivity contribution is 0.0587. The Balaban J connectivity index is 1.27. The number of carbonyl (C=O) groups excluding carboxylic acids is 1.